The molecule has 31 heavy (non-hydrogen) atoms. The van der Waals surface area contributed by atoms with Crippen LogP contribution in [0.1, 0.15) is 27.6 Å². The fourth-order valence-electron chi connectivity index (χ4n) is 3.82. The van der Waals surface area contributed by atoms with Crippen LogP contribution in [-0.2, 0) is 11.3 Å². The van der Waals surface area contributed by atoms with E-state index < -0.39 is 0 Å². The van der Waals surface area contributed by atoms with Gasteiger partial charge in [-0.25, -0.2) is 9.97 Å². The molecule has 7 nitrogen and oxygen atoms in total. The predicted octanol–water partition coefficient (Wildman–Crippen LogP) is 3.05. The average molecular weight is 418 g/mol. The monoisotopic (exact) mass is 417 g/mol. The molecule has 7 heteroatoms. The van der Waals surface area contributed by atoms with Crippen LogP contribution >= 0.6 is 0 Å². The van der Waals surface area contributed by atoms with Gasteiger partial charge < -0.3 is 19.9 Å². The summed E-state index contributed by atoms with van der Waals surface area (Å²) >= 11 is 0. The minimum absolute atomic E-state index is 0.0839. The Kier molecular flexibility index (Phi) is 6.54. The Morgan fingerprint density at radius 2 is 1.87 bits per heavy atom. The summed E-state index contributed by atoms with van der Waals surface area (Å²) < 4.78 is 6.31. The highest BCUT2D eigenvalue weighted by Crippen LogP contribution is 2.29. The van der Waals surface area contributed by atoms with Gasteiger partial charge in [0.15, 0.2) is 0 Å². The molecule has 3 aromatic rings. The van der Waals surface area contributed by atoms with Gasteiger partial charge in [-0.2, -0.15) is 0 Å². The highest BCUT2D eigenvalue weighted by molar-refractivity contribution is 6.09. The summed E-state index contributed by atoms with van der Waals surface area (Å²) in [7, 11) is 3.86. The first kappa shape index (κ1) is 21.0. The van der Waals surface area contributed by atoms with Gasteiger partial charge in [0.05, 0.1) is 12.7 Å². The number of anilines is 2. The maximum absolute atomic E-state index is 13.4. The first-order chi connectivity index (χ1) is 15.2. The van der Waals surface area contributed by atoms with E-state index in [1.54, 1.807) is 11.1 Å². The van der Waals surface area contributed by atoms with Crippen molar-refractivity contribution in [1.82, 2.24) is 15.3 Å². The van der Waals surface area contributed by atoms with E-state index in [-0.39, 0.29) is 12.0 Å². The van der Waals surface area contributed by atoms with Crippen LogP contribution < -0.4 is 15.1 Å². The van der Waals surface area contributed by atoms with Crippen molar-refractivity contribution < 1.29 is 9.53 Å². The highest BCUT2D eigenvalue weighted by Gasteiger charge is 2.28. The molecular formula is C24H27N5O2. The zero-order valence-corrected chi connectivity index (χ0v) is 17.9. The number of para-hydroxylation sites is 1. The number of fused-ring (bicyclic) bond motifs is 1. The van der Waals surface area contributed by atoms with Crippen molar-refractivity contribution in [2.75, 3.05) is 43.5 Å². The Hall–Kier alpha value is -3.29. The number of hydrogen-bond acceptors (Lipinski definition) is 6. The van der Waals surface area contributed by atoms with Gasteiger partial charge in [0, 0.05) is 44.1 Å². The highest BCUT2D eigenvalue weighted by atomic mass is 16.5. The zero-order valence-electron chi connectivity index (χ0n) is 17.9. The Bertz CT molecular complexity index is 1030. The SMILES string of the molecule is CNCC(OCc1ccccc1N1CCN(C)c2ncncc2C1=O)c1ccccc1. The van der Waals surface area contributed by atoms with Crippen LogP contribution in [0.25, 0.3) is 0 Å². The summed E-state index contributed by atoms with van der Waals surface area (Å²) in [5, 5.41) is 3.20. The Morgan fingerprint density at radius 1 is 1.10 bits per heavy atom. The molecule has 1 aliphatic heterocycles. The van der Waals surface area contributed by atoms with Gasteiger partial charge in [0.1, 0.15) is 17.7 Å². The van der Waals surface area contributed by atoms with Gasteiger partial charge in [-0.1, -0.05) is 48.5 Å². The van der Waals surface area contributed by atoms with E-state index in [9.17, 15) is 4.79 Å². The molecule has 1 atom stereocenters. The van der Waals surface area contributed by atoms with Crippen LogP contribution in [0.2, 0.25) is 0 Å². The molecule has 0 saturated heterocycles. The number of carbonyl (C=O) groups is 1. The Labute approximate surface area is 182 Å². The number of hydrogen-bond donors (Lipinski definition) is 1. The maximum atomic E-state index is 13.4. The molecule has 4 rings (SSSR count). The quantitative estimate of drug-likeness (QED) is 0.637. The fourth-order valence-corrected chi connectivity index (χ4v) is 3.82. The van der Waals surface area contributed by atoms with Crippen LogP contribution in [0.5, 0.6) is 0 Å². The van der Waals surface area contributed by atoms with E-state index in [1.165, 1.54) is 6.33 Å². The number of aromatic nitrogens is 2. The molecule has 1 aliphatic rings. The molecule has 2 heterocycles. The lowest BCUT2D eigenvalue weighted by Crippen LogP contribution is -2.34. The second kappa shape index (κ2) is 9.68. The molecule has 1 aromatic heterocycles. The predicted molar refractivity (Wildman–Crippen MR) is 121 cm³/mol. The van der Waals surface area contributed by atoms with E-state index in [0.717, 1.165) is 16.8 Å². The molecule has 0 spiro atoms. The summed E-state index contributed by atoms with van der Waals surface area (Å²) in [6.45, 7) is 2.33. The minimum Gasteiger partial charge on any atom is -0.367 e. The van der Waals surface area contributed by atoms with Crippen molar-refractivity contribution in [1.29, 1.82) is 0 Å². The van der Waals surface area contributed by atoms with Gasteiger partial charge >= 0.3 is 0 Å². The lowest BCUT2D eigenvalue weighted by atomic mass is 10.1. The Balaban J connectivity index is 1.59. The largest absolute Gasteiger partial charge is 0.367 e. The van der Waals surface area contributed by atoms with E-state index in [2.05, 4.69) is 27.4 Å². The normalized spacial score (nSPS) is 14.8. The number of likely N-dealkylation sites (N-methyl/N-ethyl adjacent to an activating group) is 2. The van der Waals surface area contributed by atoms with Gasteiger partial charge in [-0.15, -0.1) is 0 Å². The van der Waals surface area contributed by atoms with Crippen molar-refractivity contribution in [2.45, 2.75) is 12.7 Å². The lowest BCUT2D eigenvalue weighted by molar-refractivity contribution is 0.0412. The summed E-state index contributed by atoms with van der Waals surface area (Å²) in [4.78, 5) is 25.5. The molecular weight excluding hydrogens is 390 g/mol. The van der Waals surface area contributed by atoms with Crippen molar-refractivity contribution in [3.05, 3.63) is 83.8 Å². The second-order valence-corrected chi connectivity index (χ2v) is 7.54. The smallest absolute Gasteiger partial charge is 0.263 e. The fraction of sp³-hybridized carbons (Fsp3) is 0.292. The maximum Gasteiger partial charge on any atom is 0.263 e. The number of nitrogens with zero attached hydrogens (tertiary/aromatic N) is 4. The molecule has 0 fully saturated rings. The second-order valence-electron chi connectivity index (χ2n) is 7.54. The van der Waals surface area contributed by atoms with Crippen LogP contribution in [0.4, 0.5) is 11.5 Å². The van der Waals surface area contributed by atoms with Gasteiger partial charge in [-0.05, 0) is 18.7 Å². The third-order valence-corrected chi connectivity index (χ3v) is 5.47. The molecule has 0 saturated carbocycles. The number of carbonyl (C=O) groups excluding carboxylic acids is 1. The third-order valence-electron chi connectivity index (χ3n) is 5.47. The van der Waals surface area contributed by atoms with Crippen molar-refractivity contribution in [2.24, 2.45) is 0 Å². The molecule has 2 aromatic carbocycles. The van der Waals surface area contributed by atoms with Crippen LogP contribution in [0, 0.1) is 0 Å². The molecule has 0 radical (unpaired) electrons. The third kappa shape index (κ3) is 4.57. The summed E-state index contributed by atoms with van der Waals surface area (Å²) in [5.74, 6) is 0.566. The van der Waals surface area contributed by atoms with E-state index in [0.29, 0.717) is 37.6 Å². The summed E-state index contributed by atoms with van der Waals surface area (Å²) in [6, 6.07) is 18.1. The van der Waals surface area contributed by atoms with E-state index in [4.69, 9.17) is 4.74 Å². The number of ether oxygens (including phenoxy) is 1. The average Bonchev–Trinajstić information content (AvgIpc) is 2.94. The number of nitrogens with one attached hydrogen (secondary N) is 1. The number of benzene rings is 2. The molecule has 160 valence electrons. The lowest BCUT2D eigenvalue weighted by Gasteiger charge is -2.25. The summed E-state index contributed by atoms with van der Waals surface area (Å²) in [6.07, 6.45) is 2.99. The van der Waals surface area contributed by atoms with Crippen molar-refractivity contribution in [3.63, 3.8) is 0 Å². The van der Waals surface area contributed by atoms with Gasteiger partial charge in [0.2, 0.25) is 0 Å². The molecule has 0 aliphatic carbocycles. The topological polar surface area (TPSA) is 70.6 Å². The van der Waals surface area contributed by atoms with Gasteiger partial charge in [0.25, 0.3) is 5.91 Å². The molecule has 1 amide bonds. The van der Waals surface area contributed by atoms with Crippen molar-refractivity contribution in [3.8, 4) is 0 Å². The van der Waals surface area contributed by atoms with E-state index >= 15 is 0 Å². The standard InChI is InChI=1S/C24H27N5O2/c1-25-15-22(18-8-4-3-5-9-18)31-16-19-10-6-7-11-21(19)29-13-12-28(2)23-20(24(29)30)14-26-17-27-23/h3-11,14,17,22,25H,12-13,15-16H2,1-2H3. The molecule has 1 N–H and O–H groups in total. The number of amides is 1. The molecule has 0 bridgehead atoms. The Morgan fingerprint density at radius 3 is 2.68 bits per heavy atom. The van der Waals surface area contributed by atoms with Crippen LogP contribution in [-0.4, -0.2) is 49.6 Å². The zero-order chi connectivity index (χ0) is 21.6. The van der Waals surface area contributed by atoms with Crippen LogP contribution in [0.3, 0.4) is 0 Å². The van der Waals surface area contributed by atoms with E-state index in [1.807, 2.05) is 61.5 Å². The first-order valence-corrected chi connectivity index (χ1v) is 10.4. The van der Waals surface area contributed by atoms with Crippen LogP contribution in [0.15, 0.2) is 67.1 Å². The van der Waals surface area contributed by atoms with Crippen molar-refractivity contribution >= 4 is 17.4 Å². The number of rotatable bonds is 7. The first-order valence-electron chi connectivity index (χ1n) is 10.4. The minimum atomic E-state index is -0.0952. The van der Waals surface area contributed by atoms with Gasteiger partial charge in [-0.3, -0.25) is 4.79 Å². The molecule has 1 unspecified atom stereocenters. The summed E-state index contributed by atoms with van der Waals surface area (Å²) in [5.41, 5.74) is 3.45.